The van der Waals surface area contributed by atoms with E-state index in [9.17, 15) is 5.11 Å². The number of thioether (sulfide) groups is 1. The third-order valence-electron chi connectivity index (χ3n) is 3.22. The lowest BCUT2D eigenvalue weighted by molar-refractivity contribution is 0.191. The van der Waals surface area contributed by atoms with Crippen molar-refractivity contribution >= 4 is 11.8 Å². The van der Waals surface area contributed by atoms with E-state index in [1.54, 1.807) is 25.8 Å². The Hall–Kier alpha value is -0.710. The van der Waals surface area contributed by atoms with Crippen LogP contribution in [0.3, 0.4) is 0 Å². The number of benzene rings is 1. The van der Waals surface area contributed by atoms with E-state index >= 15 is 0 Å². The first kappa shape index (κ1) is 16.3. The molecule has 1 aromatic carbocycles. The molecule has 1 aromatic rings. The van der Waals surface area contributed by atoms with Gasteiger partial charge in [-0.1, -0.05) is 19.9 Å². The molecule has 108 valence electrons. The van der Waals surface area contributed by atoms with Gasteiger partial charge in [-0.05, 0) is 32.1 Å². The molecule has 1 rings (SSSR count). The van der Waals surface area contributed by atoms with Crippen LogP contribution < -0.4 is 4.74 Å². The number of hydrogen-bond acceptors (Lipinski definition) is 4. The molecule has 0 radical (unpaired) electrons. The van der Waals surface area contributed by atoms with Crippen molar-refractivity contribution in [2.45, 2.75) is 31.8 Å². The van der Waals surface area contributed by atoms with Crippen LogP contribution in [0.2, 0.25) is 0 Å². The molecule has 1 N–H and O–H groups in total. The highest BCUT2D eigenvalue weighted by Crippen LogP contribution is 2.34. The summed E-state index contributed by atoms with van der Waals surface area (Å²) in [7, 11) is 1.64. The van der Waals surface area contributed by atoms with Crippen LogP contribution in [0.15, 0.2) is 23.1 Å². The molecule has 19 heavy (non-hydrogen) atoms. The number of ether oxygens (including phenoxy) is 1. The van der Waals surface area contributed by atoms with Crippen LogP contribution in [0.25, 0.3) is 0 Å². The third kappa shape index (κ3) is 4.71. The summed E-state index contributed by atoms with van der Waals surface area (Å²) in [5.74, 6) is 1.79. The van der Waals surface area contributed by atoms with Gasteiger partial charge in [0.15, 0.2) is 0 Å². The smallest absolute Gasteiger partial charge is 0.125 e. The molecule has 0 saturated carbocycles. The first-order valence-electron chi connectivity index (χ1n) is 6.84. The number of methoxy groups -OCH3 is 1. The maximum atomic E-state index is 9.91. The van der Waals surface area contributed by atoms with E-state index < -0.39 is 6.10 Å². The third-order valence-corrected chi connectivity index (χ3v) is 4.28. The van der Waals surface area contributed by atoms with Crippen molar-refractivity contribution in [1.82, 2.24) is 4.90 Å². The molecular weight excluding hydrogens is 258 g/mol. The monoisotopic (exact) mass is 283 g/mol. The molecular formula is C15H25NO2S. The van der Waals surface area contributed by atoms with Gasteiger partial charge in [0.2, 0.25) is 0 Å². The predicted molar refractivity (Wildman–Crippen MR) is 82.1 cm³/mol. The van der Waals surface area contributed by atoms with Crippen LogP contribution in [0.1, 0.15) is 32.4 Å². The van der Waals surface area contributed by atoms with Gasteiger partial charge in [0.1, 0.15) is 5.75 Å². The Morgan fingerprint density at radius 3 is 2.53 bits per heavy atom. The summed E-state index contributed by atoms with van der Waals surface area (Å²) in [6.07, 6.45) is -0.507. The molecule has 0 bridgehead atoms. The van der Waals surface area contributed by atoms with E-state index in [2.05, 4.69) is 24.8 Å². The maximum absolute atomic E-state index is 9.91. The normalized spacial score (nSPS) is 12.7. The SMILES string of the molecule is CCN(CC)CCSc1cccc(OC)c1[C@H](C)O. The predicted octanol–water partition coefficient (Wildman–Crippen LogP) is 3.18. The van der Waals surface area contributed by atoms with Gasteiger partial charge in [0.25, 0.3) is 0 Å². The average Bonchev–Trinajstić information content (AvgIpc) is 2.42. The largest absolute Gasteiger partial charge is 0.496 e. The van der Waals surface area contributed by atoms with Crippen molar-refractivity contribution < 1.29 is 9.84 Å². The molecule has 3 nitrogen and oxygen atoms in total. The van der Waals surface area contributed by atoms with E-state index in [-0.39, 0.29) is 0 Å². The van der Waals surface area contributed by atoms with Crippen molar-refractivity contribution in [3.05, 3.63) is 23.8 Å². The Morgan fingerprint density at radius 2 is 2.00 bits per heavy atom. The van der Waals surface area contributed by atoms with Crippen molar-refractivity contribution in [2.75, 3.05) is 32.5 Å². The quantitative estimate of drug-likeness (QED) is 0.743. The Morgan fingerprint density at radius 1 is 1.32 bits per heavy atom. The van der Waals surface area contributed by atoms with Gasteiger partial charge in [-0.3, -0.25) is 0 Å². The average molecular weight is 283 g/mol. The summed E-state index contributed by atoms with van der Waals surface area (Å²) >= 11 is 1.78. The molecule has 0 saturated heterocycles. The zero-order valence-electron chi connectivity index (χ0n) is 12.3. The fourth-order valence-corrected chi connectivity index (χ4v) is 3.23. The van der Waals surface area contributed by atoms with Gasteiger partial charge in [-0.15, -0.1) is 11.8 Å². The topological polar surface area (TPSA) is 32.7 Å². The lowest BCUT2D eigenvalue weighted by atomic mass is 10.1. The standard InChI is InChI=1S/C15H25NO2S/c1-5-16(6-2)10-11-19-14-9-7-8-13(18-4)15(14)12(3)17/h7-9,12,17H,5-6,10-11H2,1-4H3/t12-/m0/s1. The first-order chi connectivity index (χ1) is 9.13. The molecule has 0 spiro atoms. The summed E-state index contributed by atoms with van der Waals surface area (Å²) in [5, 5.41) is 9.91. The van der Waals surface area contributed by atoms with Crippen LogP contribution in [0, 0.1) is 0 Å². The second-order valence-corrected chi connectivity index (χ2v) is 5.56. The Balaban J connectivity index is 2.72. The molecule has 0 aliphatic rings. The number of rotatable bonds is 8. The minimum Gasteiger partial charge on any atom is -0.496 e. The van der Waals surface area contributed by atoms with Gasteiger partial charge in [-0.25, -0.2) is 0 Å². The highest BCUT2D eigenvalue weighted by molar-refractivity contribution is 7.99. The zero-order chi connectivity index (χ0) is 14.3. The Kier molecular flexibility index (Phi) is 7.28. The molecule has 0 amide bonds. The van der Waals surface area contributed by atoms with Crippen LogP contribution >= 0.6 is 11.8 Å². The van der Waals surface area contributed by atoms with Crippen molar-refractivity contribution in [1.29, 1.82) is 0 Å². The van der Waals surface area contributed by atoms with Gasteiger partial charge in [0, 0.05) is 22.8 Å². The highest BCUT2D eigenvalue weighted by Gasteiger charge is 2.14. The van der Waals surface area contributed by atoms with E-state index in [1.807, 2.05) is 12.1 Å². The second kappa shape index (κ2) is 8.46. The number of nitrogens with zero attached hydrogens (tertiary/aromatic N) is 1. The fraction of sp³-hybridized carbons (Fsp3) is 0.600. The van der Waals surface area contributed by atoms with E-state index in [1.165, 1.54) is 0 Å². The molecule has 0 heterocycles. The van der Waals surface area contributed by atoms with Crippen LogP contribution in [-0.2, 0) is 0 Å². The minimum atomic E-state index is -0.507. The zero-order valence-corrected chi connectivity index (χ0v) is 13.2. The van der Waals surface area contributed by atoms with Gasteiger partial charge >= 0.3 is 0 Å². The maximum Gasteiger partial charge on any atom is 0.125 e. The summed E-state index contributed by atoms with van der Waals surface area (Å²) < 4.78 is 5.33. The highest BCUT2D eigenvalue weighted by atomic mass is 32.2. The Bertz CT molecular complexity index is 378. The number of aliphatic hydroxyl groups is 1. The molecule has 0 unspecified atom stereocenters. The Labute approximate surface area is 121 Å². The molecule has 0 aliphatic carbocycles. The molecule has 0 aromatic heterocycles. The van der Waals surface area contributed by atoms with Gasteiger partial charge in [0.05, 0.1) is 13.2 Å². The van der Waals surface area contributed by atoms with Crippen LogP contribution in [0.5, 0.6) is 5.75 Å². The molecule has 1 atom stereocenters. The molecule has 0 aliphatic heterocycles. The summed E-state index contributed by atoms with van der Waals surface area (Å²) in [6, 6.07) is 5.93. The van der Waals surface area contributed by atoms with Crippen molar-refractivity contribution in [2.24, 2.45) is 0 Å². The number of hydrogen-bond donors (Lipinski definition) is 1. The second-order valence-electron chi connectivity index (χ2n) is 4.42. The van der Waals surface area contributed by atoms with E-state index in [0.29, 0.717) is 0 Å². The van der Waals surface area contributed by atoms with Crippen molar-refractivity contribution in [3.8, 4) is 5.75 Å². The minimum absolute atomic E-state index is 0.507. The first-order valence-corrected chi connectivity index (χ1v) is 7.82. The summed E-state index contributed by atoms with van der Waals surface area (Å²) in [4.78, 5) is 3.51. The van der Waals surface area contributed by atoms with Gasteiger partial charge < -0.3 is 14.7 Å². The van der Waals surface area contributed by atoms with Gasteiger partial charge in [-0.2, -0.15) is 0 Å². The van der Waals surface area contributed by atoms with Crippen LogP contribution in [-0.4, -0.2) is 42.5 Å². The molecule has 4 heteroatoms. The van der Waals surface area contributed by atoms with Crippen molar-refractivity contribution in [3.63, 3.8) is 0 Å². The number of aliphatic hydroxyl groups excluding tert-OH is 1. The van der Waals surface area contributed by atoms with E-state index in [4.69, 9.17) is 4.74 Å². The summed E-state index contributed by atoms with van der Waals surface area (Å²) in [5.41, 5.74) is 0.898. The summed E-state index contributed by atoms with van der Waals surface area (Å²) in [6.45, 7) is 9.37. The van der Waals surface area contributed by atoms with E-state index in [0.717, 1.165) is 41.6 Å². The molecule has 0 fully saturated rings. The lowest BCUT2D eigenvalue weighted by Gasteiger charge is -2.19. The van der Waals surface area contributed by atoms with Crippen LogP contribution in [0.4, 0.5) is 0 Å². The fourth-order valence-electron chi connectivity index (χ4n) is 2.06. The lowest BCUT2D eigenvalue weighted by Crippen LogP contribution is -2.25.